The van der Waals surface area contributed by atoms with Crippen molar-refractivity contribution < 1.29 is 4.74 Å². The Morgan fingerprint density at radius 1 is 0.815 bits per heavy atom. The van der Waals surface area contributed by atoms with Crippen LogP contribution in [-0.2, 0) is 6.54 Å². The van der Waals surface area contributed by atoms with Crippen molar-refractivity contribution >= 4 is 11.0 Å². The van der Waals surface area contributed by atoms with E-state index in [1.54, 1.807) is 0 Å². The Morgan fingerprint density at radius 3 is 2.41 bits per heavy atom. The monoisotopic (exact) mass is 356 g/mol. The first kappa shape index (κ1) is 17.3. The fourth-order valence-electron chi connectivity index (χ4n) is 3.38. The normalized spacial score (nSPS) is 11.0. The van der Waals surface area contributed by atoms with Gasteiger partial charge >= 0.3 is 0 Å². The van der Waals surface area contributed by atoms with Crippen molar-refractivity contribution in [1.82, 2.24) is 9.55 Å². The van der Waals surface area contributed by atoms with Crippen molar-refractivity contribution in [3.05, 3.63) is 84.4 Å². The quantitative estimate of drug-likeness (QED) is 0.387. The molecule has 0 fully saturated rings. The molecule has 0 amide bonds. The molecular weight excluding hydrogens is 332 g/mol. The molecule has 0 saturated carbocycles. The molecule has 0 atom stereocenters. The van der Waals surface area contributed by atoms with Crippen molar-refractivity contribution in [1.29, 1.82) is 0 Å². The second-order valence-electron chi connectivity index (χ2n) is 6.76. The number of nitrogens with zero attached hydrogens (tertiary/aromatic N) is 2. The zero-order chi connectivity index (χ0) is 18.5. The van der Waals surface area contributed by atoms with Gasteiger partial charge < -0.3 is 9.30 Å². The lowest BCUT2D eigenvalue weighted by molar-refractivity contribution is 0.302. The van der Waals surface area contributed by atoms with Crippen LogP contribution in [0.25, 0.3) is 22.4 Å². The van der Waals surface area contributed by atoms with Crippen LogP contribution in [0.1, 0.15) is 18.4 Å². The Morgan fingerprint density at radius 2 is 1.56 bits per heavy atom. The van der Waals surface area contributed by atoms with Crippen LogP contribution in [0.4, 0.5) is 0 Å². The van der Waals surface area contributed by atoms with E-state index in [4.69, 9.17) is 9.72 Å². The average molecular weight is 356 g/mol. The Labute approximate surface area is 160 Å². The number of para-hydroxylation sites is 3. The van der Waals surface area contributed by atoms with Crippen molar-refractivity contribution in [2.45, 2.75) is 26.3 Å². The van der Waals surface area contributed by atoms with Gasteiger partial charge in [-0.25, -0.2) is 4.98 Å². The van der Waals surface area contributed by atoms with Crippen LogP contribution in [0.2, 0.25) is 0 Å². The molecule has 0 N–H and O–H groups in total. The topological polar surface area (TPSA) is 27.1 Å². The van der Waals surface area contributed by atoms with Gasteiger partial charge in [0.25, 0.3) is 0 Å². The summed E-state index contributed by atoms with van der Waals surface area (Å²) < 4.78 is 8.27. The summed E-state index contributed by atoms with van der Waals surface area (Å²) in [4.78, 5) is 4.87. The smallest absolute Gasteiger partial charge is 0.141 e. The number of ether oxygens (including phenoxy) is 1. The summed E-state index contributed by atoms with van der Waals surface area (Å²) >= 11 is 0. The van der Waals surface area contributed by atoms with Gasteiger partial charge in [0, 0.05) is 12.1 Å². The van der Waals surface area contributed by atoms with E-state index >= 15 is 0 Å². The number of hydrogen-bond acceptors (Lipinski definition) is 2. The zero-order valence-corrected chi connectivity index (χ0v) is 15.6. The molecule has 3 aromatic carbocycles. The van der Waals surface area contributed by atoms with Gasteiger partial charge in [-0.05, 0) is 43.5 Å². The molecule has 0 spiro atoms. The van der Waals surface area contributed by atoms with E-state index in [0.29, 0.717) is 0 Å². The van der Waals surface area contributed by atoms with Crippen LogP contribution >= 0.6 is 0 Å². The SMILES string of the molecule is Cc1ccccc1OCCCCn1c(-c2ccccc2)nc2ccccc21. The fourth-order valence-corrected chi connectivity index (χ4v) is 3.38. The molecule has 0 unspecified atom stereocenters. The lowest BCUT2D eigenvalue weighted by atomic mass is 10.2. The van der Waals surface area contributed by atoms with Gasteiger partial charge in [-0.1, -0.05) is 60.7 Å². The number of benzene rings is 3. The molecule has 0 radical (unpaired) electrons. The Balaban J connectivity index is 1.46. The van der Waals surface area contributed by atoms with Gasteiger partial charge in [0.05, 0.1) is 17.6 Å². The van der Waals surface area contributed by atoms with E-state index < -0.39 is 0 Å². The highest BCUT2D eigenvalue weighted by molar-refractivity contribution is 5.80. The molecule has 136 valence electrons. The minimum Gasteiger partial charge on any atom is -0.493 e. The number of hydrogen-bond donors (Lipinski definition) is 0. The van der Waals surface area contributed by atoms with Crippen molar-refractivity contribution in [3.63, 3.8) is 0 Å². The highest BCUT2D eigenvalue weighted by Crippen LogP contribution is 2.25. The van der Waals surface area contributed by atoms with Crippen LogP contribution in [0.5, 0.6) is 5.75 Å². The van der Waals surface area contributed by atoms with E-state index in [0.717, 1.165) is 48.6 Å². The van der Waals surface area contributed by atoms with E-state index in [1.807, 2.05) is 30.3 Å². The minimum atomic E-state index is 0.734. The summed E-state index contributed by atoms with van der Waals surface area (Å²) in [5.41, 5.74) is 4.58. The maximum atomic E-state index is 5.93. The molecule has 3 nitrogen and oxygen atoms in total. The summed E-state index contributed by atoms with van der Waals surface area (Å²) in [6.07, 6.45) is 2.06. The standard InChI is InChI=1S/C24H24N2O/c1-19-11-5-8-16-23(19)27-18-10-9-17-26-22-15-7-6-14-21(22)25-24(26)20-12-3-2-4-13-20/h2-8,11-16H,9-10,17-18H2,1H3. The summed E-state index contributed by atoms with van der Waals surface area (Å²) in [6.45, 7) is 3.75. The number of imidazole rings is 1. The fraction of sp³-hybridized carbons (Fsp3) is 0.208. The number of aromatic nitrogens is 2. The summed E-state index contributed by atoms with van der Waals surface area (Å²) in [5.74, 6) is 2.02. The summed E-state index contributed by atoms with van der Waals surface area (Å²) in [6, 6.07) is 27.0. The first-order chi connectivity index (χ1) is 13.3. The van der Waals surface area contributed by atoms with E-state index in [2.05, 4.69) is 60.0 Å². The molecule has 0 aliphatic rings. The molecule has 27 heavy (non-hydrogen) atoms. The molecule has 4 rings (SSSR count). The number of fused-ring (bicyclic) bond motifs is 1. The second kappa shape index (κ2) is 8.09. The first-order valence-electron chi connectivity index (χ1n) is 9.52. The van der Waals surface area contributed by atoms with Crippen LogP contribution in [0.3, 0.4) is 0 Å². The van der Waals surface area contributed by atoms with Gasteiger partial charge in [-0.15, -0.1) is 0 Å². The highest BCUT2D eigenvalue weighted by Gasteiger charge is 2.11. The first-order valence-corrected chi connectivity index (χ1v) is 9.52. The van der Waals surface area contributed by atoms with Gasteiger partial charge in [-0.2, -0.15) is 0 Å². The molecule has 0 saturated heterocycles. The lowest BCUT2D eigenvalue weighted by Crippen LogP contribution is -2.04. The summed E-state index contributed by atoms with van der Waals surface area (Å²) in [5, 5.41) is 0. The maximum absolute atomic E-state index is 5.93. The maximum Gasteiger partial charge on any atom is 0.141 e. The molecule has 1 heterocycles. The van der Waals surface area contributed by atoms with Gasteiger partial charge in [0.1, 0.15) is 11.6 Å². The van der Waals surface area contributed by atoms with Crippen LogP contribution in [-0.4, -0.2) is 16.2 Å². The van der Waals surface area contributed by atoms with Crippen LogP contribution in [0.15, 0.2) is 78.9 Å². The summed E-state index contributed by atoms with van der Waals surface area (Å²) in [7, 11) is 0. The van der Waals surface area contributed by atoms with Crippen molar-refractivity contribution in [2.75, 3.05) is 6.61 Å². The second-order valence-corrected chi connectivity index (χ2v) is 6.76. The van der Waals surface area contributed by atoms with Gasteiger partial charge in [0.2, 0.25) is 0 Å². The van der Waals surface area contributed by atoms with E-state index in [-0.39, 0.29) is 0 Å². The predicted molar refractivity (Wildman–Crippen MR) is 111 cm³/mol. The number of unbranched alkanes of at least 4 members (excludes halogenated alkanes) is 1. The van der Waals surface area contributed by atoms with Crippen molar-refractivity contribution in [3.8, 4) is 17.1 Å². The van der Waals surface area contributed by atoms with Gasteiger partial charge in [-0.3, -0.25) is 0 Å². The molecular formula is C24H24N2O. The Bertz CT molecular complexity index is 1020. The number of aryl methyl sites for hydroxylation is 2. The lowest BCUT2D eigenvalue weighted by Gasteiger charge is -2.11. The van der Waals surface area contributed by atoms with E-state index in [1.165, 1.54) is 11.1 Å². The predicted octanol–water partition coefficient (Wildman–Crippen LogP) is 5.87. The van der Waals surface area contributed by atoms with E-state index in [9.17, 15) is 0 Å². The minimum absolute atomic E-state index is 0.734. The highest BCUT2D eigenvalue weighted by atomic mass is 16.5. The van der Waals surface area contributed by atoms with Crippen molar-refractivity contribution in [2.24, 2.45) is 0 Å². The average Bonchev–Trinajstić information content (AvgIpc) is 3.08. The van der Waals surface area contributed by atoms with Crippen LogP contribution < -0.4 is 4.74 Å². The van der Waals surface area contributed by atoms with Gasteiger partial charge in [0.15, 0.2) is 0 Å². The molecule has 3 heteroatoms. The van der Waals surface area contributed by atoms with Crippen LogP contribution in [0, 0.1) is 6.92 Å². The Hall–Kier alpha value is -3.07. The third kappa shape index (κ3) is 3.87. The molecule has 0 aliphatic carbocycles. The molecule has 0 aliphatic heterocycles. The zero-order valence-electron chi connectivity index (χ0n) is 15.6. The molecule has 1 aromatic heterocycles. The third-order valence-corrected chi connectivity index (χ3v) is 4.81. The largest absolute Gasteiger partial charge is 0.493 e. The molecule has 0 bridgehead atoms. The number of rotatable bonds is 7. The Kier molecular flexibility index (Phi) is 5.20. The third-order valence-electron chi connectivity index (χ3n) is 4.81. The molecule has 4 aromatic rings.